The molecule has 0 bridgehead atoms. The number of ether oxygens (including phenoxy) is 2. The van der Waals surface area contributed by atoms with Gasteiger partial charge in [-0.05, 0) is 36.5 Å². The number of carbonyl (C=O) groups is 1. The number of likely N-dealkylation sites (tertiary alicyclic amines) is 1. The number of hydrogen-bond acceptors (Lipinski definition) is 5. The van der Waals surface area contributed by atoms with Gasteiger partial charge in [0.05, 0.1) is 25.4 Å². The molecule has 0 aliphatic carbocycles. The summed E-state index contributed by atoms with van der Waals surface area (Å²) < 4.78 is 12.2. The van der Waals surface area contributed by atoms with Crippen molar-refractivity contribution < 1.29 is 14.3 Å². The molecule has 0 spiro atoms. The normalized spacial score (nSPS) is 14.7. The van der Waals surface area contributed by atoms with Crippen LogP contribution in [0.4, 0.5) is 0 Å². The second kappa shape index (κ2) is 8.18. The Morgan fingerprint density at radius 3 is 2.37 bits per heavy atom. The maximum atomic E-state index is 13.2. The molecule has 1 amide bonds. The second-order valence-corrected chi connectivity index (χ2v) is 7.52. The predicted octanol–water partition coefficient (Wildman–Crippen LogP) is 3.13. The van der Waals surface area contributed by atoms with E-state index in [-0.39, 0.29) is 11.5 Å². The Kier molecular flexibility index (Phi) is 5.44. The van der Waals surface area contributed by atoms with Gasteiger partial charge in [0, 0.05) is 32.1 Å². The first kappa shape index (κ1) is 19.9. The molecule has 0 unspecified atom stereocenters. The van der Waals surface area contributed by atoms with Gasteiger partial charge in [0.2, 0.25) is 5.91 Å². The monoisotopic (exact) mass is 407 g/mol. The second-order valence-electron chi connectivity index (χ2n) is 7.52. The van der Waals surface area contributed by atoms with E-state index in [9.17, 15) is 9.59 Å². The molecule has 1 saturated heterocycles. The average molecular weight is 407 g/mol. The standard InChI is InChI=1S/C23H25N3O4/c1-15(27)25-10-8-17(9-11-25)16-4-6-18(7-5-16)26-14-24-20-12-19(29-2)13-21(30-3)22(20)23(26)28/h4-7,12-14,17H,8-11H2,1-3H3. The number of fused-ring (bicyclic) bond motifs is 1. The van der Waals surface area contributed by atoms with Crippen LogP contribution in [0.15, 0.2) is 47.5 Å². The number of rotatable bonds is 4. The number of piperidine rings is 1. The van der Waals surface area contributed by atoms with Crippen molar-refractivity contribution in [2.75, 3.05) is 27.3 Å². The van der Waals surface area contributed by atoms with Crippen LogP contribution < -0.4 is 15.0 Å². The maximum Gasteiger partial charge on any atom is 0.269 e. The van der Waals surface area contributed by atoms with E-state index < -0.39 is 0 Å². The summed E-state index contributed by atoms with van der Waals surface area (Å²) in [5.41, 5.74) is 2.31. The minimum Gasteiger partial charge on any atom is -0.497 e. The molecular formula is C23H25N3O4. The molecule has 2 aromatic carbocycles. The Hall–Kier alpha value is -3.35. The van der Waals surface area contributed by atoms with Crippen molar-refractivity contribution in [2.45, 2.75) is 25.7 Å². The summed E-state index contributed by atoms with van der Waals surface area (Å²) in [5, 5.41) is 0.418. The predicted molar refractivity (Wildman–Crippen MR) is 115 cm³/mol. The summed E-state index contributed by atoms with van der Waals surface area (Å²) >= 11 is 0. The van der Waals surface area contributed by atoms with Crippen molar-refractivity contribution in [2.24, 2.45) is 0 Å². The molecule has 1 aliphatic heterocycles. The molecule has 3 aromatic rings. The van der Waals surface area contributed by atoms with Crippen molar-refractivity contribution in [1.82, 2.24) is 14.5 Å². The molecule has 0 radical (unpaired) electrons. The molecule has 7 nitrogen and oxygen atoms in total. The van der Waals surface area contributed by atoms with Crippen LogP contribution in [0.5, 0.6) is 11.5 Å². The largest absolute Gasteiger partial charge is 0.497 e. The highest BCUT2D eigenvalue weighted by molar-refractivity contribution is 5.86. The van der Waals surface area contributed by atoms with Crippen molar-refractivity contribution in [3.8, 4) is 17.2 Å². The Balaban J connectivity index is 1.64. The van der Waals surface area contributed by atoms with E-state index in [4.69, 9.17) is 9.47 Å². The fourth-order valence-corrected chi connectivity index (χ4v) is 4.08. The lowest BCUT2D eigenvalue weighted by Gasteiger charge is -2.31. The van der Waals surface area contributed by atoms with Gasteiger partial charge in [-0.3, -0.25) is 14.2 Å². The Morgan fingerprint density at radius 1 is 1.07 bits per heavy atom. The maximum absolute atomic E-state index is 13.2. The first-order chi connectivity index (χ1) is 14.5. The van der Waals surface area contributed by atoms with Gasteiger partial charge in [-0.15, -0.1) is 0 Å². The van der Waals surface area contributed by atoms with Gasteiger partial charge in [0.25, 0.3) is 5.56 Å². The number of hydrogen-bond donors (Lipinski definition) is 0. The van der Waals surface area contributed by atoms with Crippen LogP contribution in [-0.2, 0) is 4.79 Å². The SMILES string of the molecule is COc1cc(OC)c2c(=O)n(-c3ccc(C4CCN(C(C)=O)CC4)cc3)cnc2c1. The smallest absolute Gasteiger partial charge is 0.269 e. The van der Waals surface area contributed by atoms with E-state index in [1.807, 2.05) is 17.0 Å². The number of nitrogens with zero attached hydrogens (tertiary/aromatic N) is 3. The molecular weight excluding hydrogens is 382 g/mol. The van der Waals surface area contributed by atoms with Gasteiger partial charge < -0.3 is 14.4 Å². The number of carbonyl (C=O) groups excluding carboxylic acids is 1. The zero-order valence-corrected chi connectivity index (χ0v) is 17.4. The van der Waals surface area contributed by atoms with Crippen molar-refractivity contribution in [3.63, 3.8) is 0 Å². The summed E-state index contributed by atoms with van der Waals surface area (Å²) in [4.78, 5) is 31.0. The van der Waals surface area contributed by atoms with Crippen molar-refractivity contribution >= 4 is 16.8 Å². The zero-order valence-electron chi connectivity index (χ0n) is 17.4. The Labute approximate surface area is 174 Å². The highest BCUT2D eigenvalue weighted by atomic mass is 16.5. The first-order valence-electron chi connectivity index (χ1n) is 10.0. The first-order valence-corrected chi connectivity index (χ1v) is 10.0. The third-order valence-electron chi connectivity index (χ3n) is 5.84. The fourth-order valence-electron chi connectivity index (χ4n) is 4.08. The molecule has 1 aliphatic rings. The van der Waals surface area contributed by atoms with Gasteiger partial charge in [-0.2, -0.15) is 0 Å². The number of amides is 1. The lowest BCUT2D eigenvalue weighted by molar-refractivity contribution is -0.129. The fraction of sp³-hybridized carbons (Fsp3) is 0.348. The van der Waals surface area contributed by atoms with E-state index in [2.05, 4.69) is 17.1 Å². The molecule has 1 aromatic heterocycles. The average Bonchev–Trinajstić information content (AvgIpc) is 2.78. The molecule has 4 rings (SSSR count). The van der Waals surface area contributed by atoms with Crippen LogP contribution in [0.2, 0.25) is 0 Å². The summed E-state index contributed by atoms with van der Waals surface area (Å²) in [5.74, 6) is 1.59. The van der Waals surface area contributed by atoms with Crippen LogP contribution in [0, 0.1) is 0 Å². The highest BCUT2D eigenvalue weighted by Crippen LogP contribution is 2.30. The van der Waals surface area contributed by atoms with E-state index in [0.717, 1.165) is 31.6 Å². The summed E-state index contributed by atoms with van der Waals surface area (Å²) in [6.07, 6.45) is 3.44. The van der Waals surface area contributed by atoms with Gasteiger partial charge in [0.1, 0.15) is 23.2 Å². The summed E-state index contributed by atoms with van der Waals surface area (Å²) in [6.45, 7) is 3.20. The molecule has 1 fully saturated rings. The topological polar surface area (TPSA) is 73.7 Å². The zero-order chi connectivity index (χ0) is 21.3. The molecule has 2 heterocycles. The number of benzene rings is 2. The molecule has 0 atom stereocenters. The summed E-state index contributed by atoms with van der Waals surface area (Å²) in [6, 6.07) is 11.4. The van der Waals surface area contributed by atoms with Gasteiger partial charge in [-0.1, -0.05) is 12.1 Å². The van der Waals surface area contributed by atoms with E-state index in [0.29, 0.717) is 28.3 Å². The summed E-state index contributed by atoms with van der Waals surface area (Å²) in [7, 11) is 3.09. The number of aromatic nitrogens is 2. The van der Waals surface area contributed by atoms with Gasteiger partial charge in [0.15, 0.2) is 0 Å². The van der Waals surface area contributed by atoms with Crippen LogP contribution >= 0.6 is 0 Å². The highest BCUT2D eigenvalue weighted by Gasteiger charge is 2.22. The Bertz CT molecular complexity index is 1130. The third kappa shape index (κ3) is 3.63. The van der Waals surface area contributed by atoms with Crippen molar-refractivity contribution in [3.05, 3.63) is 58.6 Å². The van der Waals surface area contributed by atoms with Crippen molar-refractivity contribution in [1.29, 1.82) is 0 Å². The Morgan fingerprint density at radius 2 is 1.77 bits per heavy atom. The van der Waals surface area contributed by atoms with E-state index >= 15 is 0 Å². The third-order valence-corrected chi connectivity index (χ3v) is 5.84. The van der Waals surface area contributed by atoms with Gasteiger partial charge in [-0.25, -0.2) is 4.98 Å². The molecule has 7 heteroatoms. The van der Waals surface area contributed by atoms with Crippen LogP contribution in [0.1, 0.15) is 31.2 Å². The molecule has 0 N–H and O–H groups in total. The lowest BCUT2D eigenvalue weighted by Crippen LogP contribution is -2.36. The minimum atomic E-state index is -0.193. The molecule has 30 heavy (non-hydrogen) atoms. The molecule has 0 saturated carbocycles. The van der Waals surface area contributed by atoms with Crippen LogP contribution in [0.3, 0.4) is 0 Å². The van der Waals surface area contributed by atoms with E-state index in [1.165, 1.54) is 23.6 Å². The quantitative estimate of drug-likeness (QED) is 0.664. The van der Waals surface area contributed by atoms with Crippen LogP contribution in [-0.4, -0.2) is 47.7 Å². The lowest BCUT2D eigenvalue weighted by atomic mass is 9.89. The van der Waals surface area contributed by atoms with Gasteiger partial charge >= 0.3 is 0 Å². The van der Waals surface area contributed by atoms with E-state index in [1.54, 1.807) is 26.2 Å². The molecule has 156 valence electrons. The van der Waals surface area contributed by atoms with Crippen LogP contribution in [0.25, 0.3) is 16.6 Å². The minimum absolute atomic E-state index is 0.139. The number of methoxy groups -OCH3 is 2.